The molecule has 3 heteroatoms. The minimum Gasteiger partial charge on any atom is -0.256 e. The third-order valence-electron chi connectivity index (χ3n) is 3.00. The number of nitrogens with zero attached hydrogens (tertiary/aromatic N) is 1. The van der Waals surface area contributed by atoms with Gasteiger partial charge in [0, 0.05) is 27.4 Å². The summed E-state index contributed by atoms with van der Waals surface area (Å²) < 4.78 is 0. The van der Waals surface area contributed by atoms with E-state index >= 15 is 0 Å². The zero-order valence-electron chi connectivity index (χ0n) is 10.5. The minimum atomic E-state index is 0.688. The highest BCUT2D eigenvalue weighted by molar-refractivity contribution is 6.33. The van der Waals surface area contributed by atoms with Crippen LogP contribution in [0.2, 0.25) is 10.0 Å². The Bertz CT molecular complexity index is 719. The van der Waals surface area contributed by atoms with E-state index in [2.05, 4.69) is 11.1 Å². The maximum atomic E-state index is 6.16. The second-order valence-corrected chi connectivity index (χ2v) is 5.18. The highest BCUT2D eigenvalue weighted by Gasteiger charge is 2.05. The van der Waals surface area contributed by atoms with E-state index in [1.807, 2.05) is 54.6 Å². The van der Waals surface area contributed by atoms with Gasteiger partial charge in [0.05, 0.1) is 5.69 Å². The van der Waals surface area contributed by atoms with Gasteiger partial charge in [0.1, 0.15) is 0 Å². The molecule has 1 nitrogen and oxygen atoms in total. The lowest BCUT2D eigenvalue weighted by Gasteiger charge is -2.05. The molecule has 0 saturated carbocycles. The normalized spacial score (nSPS) is 10.5. The molecule has 0 aliphatic heterocycles. The first-order valence-corrected chi connectivity index (χ1v) is 6.88. The summed E-state index contributed by atoms with van der Waals surface area (Å²) in [6.45, 7) is 0. The number of hydrogen-bond acceptors (Lipinski definition) is 1. The van der Waals surface area contributed by atoms with Crippen LogP contribution in [0.3, 0.4) is 0 Å². The summed E-state index contributed by atoms with van der Waals surface area (Å²) in [6.07, 6.45) is 1.79. The lowest BCUT2D eigenvalue weighted by Crippen LogP contribution is -1.86. The molecule has 1 radical (unpaired) electrons. The number of rotatable bonds is 2. The first-order chi connectivity index (χ1) is 9.74. The van der Waals surface area contributed by atoms with Crippen LogP contribution in [0.5, 0.6) is 0 Å². The molecule has 3 aromatic rings. The zero-order valence-corrected chi connectivity index (χ0v) is 12.0. The molecule has 0 N–H and O–H groups in total. The van der Waals surface area contributed by atoms with Crippen LogP contribution in [0.4, 0.5) is 0 Å². The number of pyridine rings is 1. The van der Waals surface area contributed by atoms with Crippen molar-refractivity contribution in [3.05, 3.63) is 76.9 Å². The first kappa shape index (κ1) is 13.2. The lowest BCUT2D eigenvalue weighted by atomic mass is 10.1. The fraction of sp³-hybridized carbons (Fsp3) is 0. The van der Waals surface area contributed by atoms with Gasteiger partial charge in [0.15, 0.2) is 0 Å². The summed E-state index contributed by atoms with van der Waals surface area (Å²) in [7, 11) is 0. The van der Waals surface area contributed by atoms with E-state index < -0.39 is 0 Å². The number of hydrogen-bond donors (Lipinski definition) is 0. The molecule has 0 atom stereocenters. The molecule has 3 rings (SSSR count). The minimum absolute atomic E-state index is 0.688. The molecular formula is C17H10Cl2N. The molecular weight excluding hydrogens is 289 g/mol. The maximum Gasteiger partial charge on any atom is 0.0723 e. The quantitative estimate of drug-likeness (QED) is 0.607. The summed E-state index contributed by atoms with van der Waals surface area (Å²) in [6, 6.07) is 20.3. The van der Waals surface area contributed by atoms with Gasteiger partial charge in [0.2, 0.25) is 0 Å². The Labute approximate surface area is 127 Å². The van der Waals surface area contributed by atoms with Crippen LogP contribution < -0.4 is 0 Å². The second-order valence-electron chi connectivity index (χ2n) is 4.33. The van der Waals surface area contributed by atoms with E-state index in [1.54, 1.807) is 6.20 Å². The van der Waals surface area contributed by atoms with Crippen molar-refractivity contribution in [1.82, 2.24) is 4.98 Å². The molecule has 0 saturated heterocycles. The van der Waals surface area contributed by atoms with Crippen LogP contribution in [-0.2, 0) is 0 Å². The Morgan fingerprint density at radius 2 is 1.65 bits per heavy atom. The summed E-state index contributed by atoms with van der Waals surface area (Å²) in [5, 5.41) is 1.40. The molecule has 0 amide bonds. The van der Waals surface area contributed by atoms with Crippen molar-refractivity contribution in [3.63, 3.8) is 0 Å². The van der Waals surface area contributed by atoms with E-state index in [9.17, 15) is 0 Å². The van der Waals surface area contributed by atoms with Crippen LogP contribution in [0, 0.1) is 6.07 Å². The number of aromatic nitrogens is 1. The Hall–Kier alpha value is -1.83. The van der Waals surface area contributed by atoms with Gasteiger partial charge in [-0.05, 0) is 35.9 Å². The molecule has 2 aromatic carbocycles. The van der Waals surface area contributed by atoms with Gasteiger partial charge in [-0.15, -0.1) is 0 Å². The van der Waals surface area contributed by atoms with Crippen LogP contribution in [0.1, 0.15) is 0 Å². The van der Waals surface area contributed by atoms with Crippen molar-refractivity contribution in [2.24, 2.45) is 0 Å². The monoisotopic (exact) mass is 298 g/mol. The van der Waals surface area contributed by atoms with Crippen molar-refractivity contribution < 1.29 is 0 Å². The predicted octanol–water partition coefficient (Wildman–Crippen LogP) is 5.52. The van der Waals surface area contributed by atoms with Crippen molar-refractivity contribution >= 4 is 23.2 Å². The molecule has 0 unspecified atom stereocenters. The van der Waals surface area contributed by atoms with Crippen molar-refractivity contribution in [3.8, 4) is 22.4 Å². The Kier molecular flexibility index (Phi) is 3.72. The third-order valence-corrected chi connectivity index (χ3v) is 3.58. The van der Waals surface area contributed by atoms with E-state index in [4.69, 9.17) is 23.2 Å². The van der Waals surface area contributed by atoms with E-state index in [1.165, 1.54) is 0 Å². The van der Waals surface area contributed by atoms with Gasteiger partial charge < -0.3 is 0 Å². The number of halogens is 2. The Morgan fingerprint density at radius 1 is 0.900 bits per heavy atom. The molecule has 0 spiro atoms. The fourth-order valence-corrected chi connectivity index (χ4v) is 2.32. The standard InChI is InChI=1S/C17H10Cl2N/c18-14-8-5-12(6-9-14)13-7-10-17(20-11-13)15-3-1-2-4-16(15)19/h1-6,8-11H. The summed E-state index contributed by atoms with van der Waals surface area (Å²) in [4.78, 5) is 4.46. The van der Waals surface area contributed by atoms with Gasteiger partial charge in [0.25, 0.3) is 0 Å². The van der Waals surface area contributed by atoms with Crippen molar-refractivity contribution in [2.45, 2.75) is 0 Å². The molecule has 0 fully saturated rings. The van der Waals surface area contributed by atoms with Gasteiger partial charge >= 0.3 is 0 Å². The van der Waals surface area contributed by atoms with Crippen LogP contribution in [-0.4, -0.2) is 4.98 Å². The molecule has 20 heavy (non-hydrogen) atoms. The van der Waals surface area contributed by atoms with Crippen LogP contribution in [0.25, 0.3) is 22.4 Å². The van der Waals surface area contributed by atoms with Gasteiger partial charge in [-0.2, -0.15) is 0 Å². The van der Waals surface area contributed by atoms with E-state index in [0.29, 0.717) is 5.02 Å². The predicted molar refractivity (Wildman–Crippen MR) is 84.0 cm³/mol. The van der Waals surface area contributed by atoms with Crippen LogP contribution in [0.15, 0.2) is 60.8 Å². The topological polar surface area (TPSA) is 12.9 Å². The summed E-state index contributed by atoms with van der Waals surface area (Å²) in [5.41, 5.74) is 3.69. The molecule has 1 heterocycles. The summed E-state index contributed by atoms with van der Waals surface area (Å²) >= 11 is 12.0. The first-order valence-electron chi connectivity index (χ1n) is 6.12. The molecule has 0 aliphatic rings. The highest BCUT2D eigenvalue weighted by Crippen LogP contribution is 2.27. The van der Waals surface area contributed by atoms with Crippen LogP contribution >= 0.6 is 23.2 Å². The number of benzene rings is 2. The molecule has 0 aliphatic carbocycles. The fourth-order valence-electron chi connectivity index (χ4n) is 1.96. The van der Waals surface area contributed by atoms with Gasteiger partial charge in [-0.1, -0.05) is 53.5 Å². The zero-order chi connectivity index (χ0) is 13.9. The maximum absolute atomic E-state index is 6.16. The SMILES string of the molecule is Clc1ccc(-c2[c]cc(-c3ccccc3Cl)nc2)cc1. The molecule has 0 bridgehead atoms. The summed E-state index contributed by atoms with van der Waals surface area (Å²) in [5.74, 6) is 0. The third kappa shape index (κ3) is 2.69. The average molecular weight is 299 g/mol. The smallest absolute Gasteiger partial charge is 0.0723 e. The van der Waals surface area contributed by atoms with E-state index in [0.717, 1.165) is 27.4 Å². The largest absolute Gasteiger partial charge is 0.256 e. The Morgan fingerprint density at radius 3 is 2.30 bits per heavy atom. The van der Waals surface area contributed by atoms with E-state index in [-0.39, 0.29) is 0 Å². The van der Waals surface area contributed by atoms with Crippen molar-refractivity contribution in [1.29, 1.82) is 0 Å². The molecule has 1 aromatic heterocycles. The lowest BCUT2D eigenvalue weighted by molar-refractivity contribution is 1.32. The van der Waals surface area contributed by atoms with Crippen molar-refractivity contribution in [2.75, 3.05) is 0 Å². The van der Waals surface area contributed by atoms with Gasteiger partial charge in [-0.25, -0.2) is 0 Å². The second kappa shape index (κ2) is 5.66. The molecule has 97 valence electrons. The Balaban J connectivity index is 1.96. The van der Waals surface area contributed by atoms with Gasteiger partial charge in [-0.3, -0.25) is 4.98 Å². The highest BCUT2D eigenvalue weighted by atomic mass is 35.5. The average Bonchev–Trinajstić information content (AvgIpc) is 2.49.